The third-order valence-electron chi connectivity index (χ3n) is 5.11. The lowest BCUT2D eigenvalue weighted by Crippen LogP contribution is -2.19. The number of hydrogen-bond acceptors (Lipinski definition) is 8. The molecule has 2 aliphatic carbocycles. The fourth-order valence-electron chi connectivity index (χ4n) is 3.70. The van der Waals surface area contributed by atoms with Crippen molar-refractivity contribution in [2.75, 3.05) is 0 Å². The Bertz CT molecular complexity index is 1260. The summed E-state index contributed by atoms with van der Waals surface area (Å²) in [6.45, 7) is 0. The van der Waals surface area contributed by atoms with E-state index in [1.54, 1.807) is 24.3 Å². The van der Waals surface area contributed by atoms with Crippen LogP contribution in [0, 0.1) is 0 Å². The number of benzene rings is 2. The van der Waals surface area contributed by atoms with E-state index in [4.69, 9.17) is 8.83 Å². The molecule has 6 rings (SSSR count). The van der Waals surface area contributed by atoms with Gasteiger partial charge in [0.2, 0.25) is 34.7 Å². The van der Waals surface area contributed by atoms with Crippen molar-refractivity contribution < 1.29 is 28.0 Å². The first kappa shape index (κ1) is 16.5. The smallest absolute Gasteiger partial charge is 0.285 e. The van der Waals surface area contributed by atoms with E-state index in [9.17, 15) is 19.2 Å². The van der Waals surface area contributed by atoms with Gasteiger partial charge in [0.25, 0.3) is 11.8 Å². The highest BCUT2D eigenvalue weighted by Gasteiger charge is 2.39. The van der Waals surface area contributed by atoms with Crippen LogP contribution < -0.4 is 0 Å². The molecule has 0 atom stereocenters. The Morgan fingerprint density at radius 3 is 1.20 bits per heavy atom. The van der Waals surface area contributed by atoms with Gasteiger partial charge in [0.1, 0.15) is 0 Å². The third kappa shape index (κ3) is 1.99. The first-order valence-corrected chi connectivity index (χ1v) is 8.93. The number of carbonyl (C=O) groups is 4. The Kier molecular flexibility index (Phi) is 3.05. The zero-order chi connectivity index (χ0) is 20.6. The molecular formula is C22H8N2O6. The number of nitrogens with zero attached hydrogens (tertiary/aromatic N) is 2. The van der Waals surface area contributed by atoms with Gasteiger partial charge in [-0.1, -0.05) is 48.5 Å². The summed E-state index contributed by atoms with van der Waals surface area (Å²) in [5.41, 5.74) is 0.553. The van der Waals surface area contributed by atoms with Gasteiger partial charge in [-0.05, 0) is 0 Å². The van der Waals surface area contributed by atoms with E-state index in [1.165, 1.54) is 24.3 Å². The molecule has 0 fully saturated rings. The van der Waals surface area contributed by atoms with E-state index >= 15 is 0 Å². The van der Waals surface area contributed by atoms with Crippen molar-refractivity contribution in [1.82, 2.24) is 9.97 Å². The van der Waals surface area contributed by atoms with E-state index in [-0.39, 0.29) is 56.9 Å². The third-order valence-corrected chi connectivity index (χ3v) is 5.11. The van der Waals surface area contributed by atoms with E-state index < -0.39 is 23.1 Å². The van der Waals surface area contributed by atoms with Crippen LogP contribution in [-0.4, -0.2) is 33.1 Å². The van der Waals surface area contributed by atoms with Crippen molar-refractivity contribution in [1.29, 1.82) is 0 Å². The summed E-state index contributed by atoms with van der Waals surface area (Å²) in [4.78, 5) is 59.0. The Morgan fingerprint density at radius 1 is 0.500 bits per heavy atom. The summed E-state index contributed by atoms with van der Waals surface area (Å²) in [5, 5.41) is 0. The molecule has 30 heavy (non-hydrogen) atoms. The van der Waals surface area contributed by atoms with Crippen molar-refractivity contribution >= 4 is 23.1 Å². The van der Waals surface area contributed by atoms with Crippen molar-refractivity contribution in [3.8, 4) is 11.8 Å². The highest BCUT2D eigenvalue weighted by atomic mass is 16.4. The first-order valence-electron chi connectivity index (χ1n) is 8.93. The number of ketones is 4. The van der Waals surface area contributed by atoms with Crippen LogP contribution >= 0.6 is 0 Å². The largest absolute Gasteiger partial charge is 0.428 e. The van der Waals surface area contributed by atoms with Crippen LogP contribution in [0.3, 0.4) is 0 Å². The molecule has 4 aromatic rings. The number of hydrogen-bond donors (Lipinski definition) is 0. The molecule has 2 aromatic heterocycles. The van der Waals surface area contributed by atoms with Gasteiger partial charge in [0.05, 0.1) is 0 Å². The van der Waals surface area contributed by atoms with Crippen LogP contribution in [-0.2, 0) is 0 Å². The van der Waals surface area contributed by atoms with Crippen LogP contribution in [0.5, 0.6) is 0 Å². The van der Waals surface area contributed by atoms with E-state index in [2.05, 4.69) is 9.97 Å². The van der Waals surface area contributed by atoms with Crippen molar-refractivity contribution in [2.24, 2.45) is 0 Å². The van der Waals surface area contributed by atoms with Crippen molar-refractivity contribution in [3.05, 3.63) is 93.7 Å². The molecule has 2 aliphatic rings. The average Bonchev–Trinajstić information content (AvgIpc) is 3.41. The molecule has 0 saturated carbocycles. The molecule has 0 spiro atoms. The van der Waals surface area contributed by atoms with Crippen LogP contribution in [0.15, 0.2) is 57.4 Å². The summed E-state index contributed by atoms with van der Waals surface area (Å²) in [6.07, 6.45) is 0. The zero-order valence-electron chi connectivity index (χ0n) is 15.0. The van der Waals surface area contributed by atoms with Gasteiger partial charge >= 0.3 is 0 Å². The minimum Gasteiger partial charge on any atom is -0.428 e. The summed E-state index contributed by atoms with van der Waals surface area (Å²) in [5.74, 6) is -2.89. The fourth-order valence-corrected chi connectivity index (χ4v) is 3.70. The maximum absolute atomic E-state index is 12.7. The Hall–Kier alpha value is -4.46. The molecule has 0 N–H and O–H groups in total. The van der Waals surface area contributed by atoms with Crippen LogP contribution in [0.25, 0.3) is 11.8 Å². The summed E-state index contributed by atoms with van der Waals surface area (Å²) < 4.78 is 11.0. The number of rotatable bonds is 1. The Labute approximate surface area is 167 Å². The Balaban J connectivity index is 1.49. The second-order valence-electron chi connectivity index (χ2n) is 6.80. The van der Waals surface area contributed by atoms with Gasteiger partial charge in [-0.2, -0.15) is 0 Å². The van der Waals surface area contributed by atoms with E-state index in [1.807, 2.05) is 0 Å². The van der Waals surface area contributed by atoms with Gasteiger partial charge in [0, 0.05) is 22.3 Å². The standard InChI is InChI=1S/C22H8N2O6/c25-15-9-5-1-3-7-11(9)17(27)19-13(15)23-21(29-19)22-24-14-16(26)10-6-2-4-8-12(10)18(28)20(14)30-22/h1-8H. The topological polar surface area (TPSA) is 120 Å². The lowest BCUT2D eigenvalue weighted by Gasteiger charge is -2.10. The minimum atomic E-state index is -0.491. The summed E-state index contributed by atoms with van der Waals surface area (Å²) in [7, 11) is 0. The predicted octanol–water partition coefficient (Wildman–Crippen LogP) is 2.88. The molecule has 0 radical (unpaired) electrons. The molecule has 8 nitrogen and oxygen atoms in total. The first-order chi connectivity index (χ1) is 14.5. The minimum absolute atomic E-state index is 0.161. The van der Waals surface area contributed by atoms with Gasteiger partial charge in [-0.15, -0.1) is 0 Å². The van der Waals surface area contributed by atoms with Gasteiger partial charge in [-0.3, -0.25) is 19.2 Å². The maximum atomic E-state index is 12.7. The molecule has 2 heterocycles. The van der Waals surface area contributed by atoms with Gasteiger partial charge in [-0.25, -0.2) is 9.97 Å². The molecule has 0 bridgehead atoms. The predicted molar refractivity (Wildman–Crippen MR) is 98.6 cm³/mol. The second kappa shape index (κ2) is 5.54. The lowest BCUT2D eigenvalue weighted by molar-refractivity contribution is 0.0958. The van der Waals surface area contributed by atoms with Crippen LogP contribution in [0.2, 0.25) is 0 Å². The molecule has 0 amide bonds. The van der Waals surface area contributed by atoms with Crippen LogP contribution in [0.1, 0.15) is 64.3 Å². The normalized spacial score (nSPS) is 14.3. The Morgan fingerprint density at radius 2 is 0.833 bits per heavy atom. The number of aromatic nitrogens is 2. The zero-order valence-corrected chi connectivity index (χ0v) is 15.0. The average molecular weight is 396 g/mol. The molecule has 0 aliphatic heterocycles. The van der Waals surface area contributed by atoms with Gasteiger partial charge in [0.15, 0.2) is 11.4 Å². The van der Waals surface area contributed by atoms with Crippen molar-refractivity contribution in [3.63, 3.8) is 0 Å². The molecule has 0 saturated heterocycles. The molecule has 0 unspecified atom stereocenters. The monoisotopic (exact) mass is 396 g/mol. The van der Waals surface area contributed by atoms with E-state index in [0.29, 0.717) is 0 Å². The summed E-state index contributed by atoms with van der Waals surface area (Å²) >= 11 is 0. The fraction of sp³-hybridized carbons (Fsp3) is 0. The van der Waals surface area contributed by atoms with Gasteiger partial charge < -0.3 is 8.83 Å². The number of oxazole rings is 2. The molecule has 2 aromatic carbocycles. The highest BCUT2D eigenvalue weighted by Crippen LogP contribution is 2.34. The molecular weight excluding hydrogens is 388 g/mol. The maximum Gasteiger partial charge on any atom is 0.285 e. The molecule has 142 valence electrons. The quantitative estimate of drug-likeness (QED) is 0.416. The SMILES string of the molecule is O=C1c2ccccc2C(=O)c2oc(-c3nc4c(o3)C(=O)c3ccccc3C4=O)nc21. The lowest BCUT2D eigenvalue weighted by atomic mass is 9.91. The second-order valence-corrected chi connectivity index (χ2v) is 6.80. The van der Waals surface area contributed by atoms with E-state index in [0.717, 1.165) is 0 Å². The van der Waals surface area contributed by atoms with Crippen LogP contribution in [0.4, 0.5) is 0 Å². The number of carbonyl (C=O) groups excluding carboxylic acids is 4. The molecule has 8 heteroatoms. The summed E-state index contributed by atoms with van der Waals surface area (Å²) in [6, 6.07) is 12.7. The highest BCUT2D eigenvalue weighted by molar-refractivity contribution is 6.27. The number of fused-ring (bicyclic) bond motifs is 4. The van der Waals surface area contributed by atoms with Crippen molar-refractivity contribution in [2.45, 2.75) is 0 Å².